The first-order valence-electron chi connectivity index (χ1n) is 8.72. The number of nitrogens with one attached hydrogen (secondary N) is 1. The highest BCUT2D eigenvalue weighted by atomic mass is 16.2. The Hall–Kier alpha value is -1.85. The van der Waals surface area contributed by atoms with Crippen molar-refractivity contribution in [1.29, 1.82) is 0 Å². The van der Waals surface area contributed by atoms with Gasteiger partial charge in [-0.2, -0.15) is 0 Å². The van der Waals surface area contributed by atoms with Crippen molar-refractivity contribution in [3.63, 3.8) is 0 Å². The van der Waals surface area contributed by atoms with Crippen molar-refractivity contribution in [3.05, 3.63) is 12.2 Å². The number of nitrogens with zero attached hydrogens (tertiary/aromatic N) is 2. The first kappa shape index (κ1) is 14.7. The van der Waals surface area contributed by atoms with Crippen molar-refractivity contribution >= 4 is 17.8 Å². The van der Waals surface area contributed by atoms with E-state index in [-0.39, 0.29) is 35.7 Å². The molecule has 0 spiro atoms. The highest BCUT2D eigenvalue weighted by Crippen LogP contribution is 2.37. The lowest BCUT2D eigenvalue weighted by Gasteiger charge is -2.43. The molecule has 0 aromatic heterocycles. The lowest BCUT2D eigenvalue weighted by molar-refractivity contribution is -0.145. The Morgan fingerprint density at radius 1 is 1.00 bits per heavy atom. The topological polar surface area (TPSA) is 69.7 Å². The largest absolute Gasteiger partial charge is 0.335 e. The Morgan fingerprint density at radius 3 is 2.13 bits per heavy atom. The van der Waals surface area contributed by atoms with Gasteiger partial charge in [0.15, 0.2) is 0 Å². The minimum absolute atomic E-state index is 0.0369. The highest BCUT2D eigenvalue weighted by molar-refractivity contribution is 6.06. The Balaban J connectivity index is 1.34. The van der Waals surface area contributed by atoms with Crippen molar-refractivity contribution in [2.24, 2.45) is 11.8 Å². The summed E-state index contributed by atoms with van der Waals surface area (Å²) < 4.78 is 0. The van der Waals surface area contributed by atoms with E-state index in [0.29, 0.717) is 32.0 Å². The van der Waals surface area contributed by atoms with Crippen LogP contribution in [0.2, 0.25) is 0 Å². The number of allylic oxidation sites excluding steroid dienone is 2. The van der Waals surface area contributed by atoms with Crippen LogP contribution in [-0.4, -0.2) is 52.8 Å². The third kappa shape index (κ3) is 2.44. The average Bonchev–Trinajstić information content (AvgIpc) is 3.09. The van der Waals surface area contributed by atoms with Gasteiger partial charge in [-0.1, -0.05) is 25.0 Å². The molecule has 1 saturated carbocycles. The number of hydrogen-bond acceptors (Lipinski definition) is 3. The van der Waals surface area contributed by atoms with Crippen LogP contribution in [0.15, 0.2) is 12.2 Å². The summed E-state index contributed by atoms with van der Waals surface area (Å²) in [4.78, 5) is 40.3. The third-order valence-electron chi connectivity index (χ3n) is 5.74. The zero-order chi connectivity index (χ0) is 16.0. The number of carbonyl (C=O) groups excluding carboxylic acids is 3. The maximum atomic E-state index is 12.5. The molecule has 4 amide bonds. The van der Waals surface area contributed by atoms with Gasteiger partial charge in [0, 0.05) is 19.1 Å². The number of carbonyl (C=O) groups is 3. The van der Waals surface area contributed by atoms with Gasteiger partial charge in [0.05, 0.1) is 17.9 Å². The summed E-state index contributed by atoms with van der Waals surface area (Å²) in [6, 6.07) is 0.117. The molecule has 2 saturated heterocycles. The molecule has 124 valence electrons. The van der Waals surface area contributed by atoms with Crippen LogP contribution >= 0.6 is 0 Å². The molecule has 4 rings (SSSR count). The number of amides is 4. The highest BCUT2D eigenvalue weighted by Gasteiger charge is 2.52. The molecule has 6 heteroatoms. The summed E-state index contributed by atoms with van der Waals surface area (Å²) in [5, 5.41) is 3.05. The Labute approximate surface area is 135 Å². The van der Waals surface area contributed by atoms with Gasteiger partial charge in [0.1, 0.15) is 0 Å². The van der Waals surface area contributed by atoms with Crippen molar-refractivity contribution < 1.29 is 14.4 Å². The van der Waals surface area contributed by atoms with E-state index in [2.05, 4.69) is 5.32 Å². The Bertz CT molecular complexity index is 535. The number of fused-ring (bicyclic) bond motifs is 1. The second-order valence-corrected chi connectivity index (χ2v) is 7.19. The third-order valence-corrected chi connectivity index (χ3v) is 5.74. The van der Waals surface area contributed by atoms with Gasteiger partial charge in [-0.25, -0.2) is 4.79 Å². The SMILES string of the molecule is O=C(NC1CCCC1)N1CC(N2C(=O)C3CC=CCC3C2=O)C1. The zero-order valence-electron chi connectivity index (χ0n) is 13.2. The van der Waals surface area contributed by atoms with Gasteiger partial charge in [0.25, 0.3) is 0 Å². The number of hydrogen-bond donors (Lipinski definition) is 1. The fourth-order valence-electron chi connectivity index (χ4n) is 4.31. The standard InChI is InChI=1S/C17H23N3O3/c21-15-13-7-3-4-8-14(13)16(22)20(15)12-9-19(10-12)17(23)18-11-5-1-2-6-11/h3-4,11-14H,1-2,5-10H2,(H,18,23). The zero-order valence-corrected chi connectivity index (χ0v) is 13.2. The van der Waals surface area contributed by atoms with Crippen molar-refractivity contribution in [2.45, 2.75) is 50.6 Å². The molecule has 23 heavy (non-hydrogen) atoms. The monoisotopic (exact) mass is 317 g/mol. The molecule has 1 N–H and O–H groups in total. The normalized spacial score (nSPS) is 31.5. The maximum absolute atomic E-state index is 12.5. The fraction of sp³-hybridized carbons (Fsp3) is 0.706. The first-order valence-corrected chi connectivity index (χ1v) is 8.72. The lowest BCUT2D eigenvalue weighted by Crippen LogP contribution is -2.64. The second kappa shape index (κ2) is 5.65. The minimum Gasteiger partial charge on any atom is -0.335 e. The maximum Gasteiger partial charge on any atom is 0.317 e. The fourth-order valence-corrected chi connectivity index (χ4v) is 4.31. The lowest BCUT2D eigenvalue weighted by atomic mass is 9.85. The molecule has 0 radical (unpaired) electrons. The van der Waals surface area contributed by atoms with Gasteiger partial charge < -0.3 is 10.2 Å². The Kier molecular flexibility index (Phi) is 3.62. The molecule has 2 heterocycles. The van der Waals surface area contributed by atoms with E-state index in [1.165, 1.54) is 17.7 Å². The van der Waals surface area contributed by atoms with Crippen LogP contribution in [0.1, 0.15) is 38.5 Å². The molecule has 6 nitrogen and oxygen atoms in total. The van der Waals surface area contributed by atoms with Crippen LogP contribution in [0.4, 0.5) is 4.79 Å². The predicted molar refractivity (Wildman–Crippen MR) is 83.4 cm³/mol. The number of urea groups is 1. The summed E-state index contributed by atoms with van der Waals surface area (Å²) in [5.74, 6) is -0.418. The molecule has 2 aliphatic carbocycles. The average molecular weight is 317 g/mol. The molecule has 2 aliphatic heterocycles. The van der Waals surface area contributed by atoms with E-state index >= 15 is 0 Å². The summed E-state index contributed by atoms with van der Waals surface area (Å²) in [6.45, 7) is 0.950. The molecule has 2 unspecified atom stereocenters. The van der Waals surface area contributed by atoms with Gasteiger partial charge in [-0.05, 0) is 25.7 Å². The van der Waals surface area contributed by atoms with Crippen LogP contribution in [0, 0.1) is 11.8 Å². The molecular weight excluding hydrogens is 294 g/mol. The second-order valence-electron chi connectivity index (χ2n) is 7.19. The van der Waals surface area contributed by atoms with Gasteiger partial charge >= 0.3 is 6.03 Å². The molecular formula is C17H23N3O3. The van der Waals surface area contributed by atoms with Crippen molar-refractivity contribution in [3.8, 4) is 0 Å². The predicted octanol–water partition coefficient (Wildman–Crippen LogP) is 1.27. The number of imide groups is 1. The van der Waals surface area contributed by atoms with Gasteiger partial charge in [0.2, 0.25) is 11.8 Å². The van der Waals surface area contributed by atoms with Crippen molar-refractivity contribution in [2.75, 3.05) is 13.1 Å². The van der Waals surface area contributed by atoms with Crippen molar-refractivity contribution in [1.82, 2.24) is 15.1 Å². The molecule has 2 atom stereocenters. The van der Waals surface area contributed by atoms with E-state index in [9.17, 15) is 14.4 Å². The van der Waals surface area contributed by atoms with Crippen LogP contribution in [0.25, 0.3) is 0 Å². The number of likely N-dealkylation sites (tertiary alicyclic amines) is 2. The van der Waals surface area contributed by atoms with Crippen LogP contribution in [0.5, 0.6) is 0 Å². The first-order chi connectivity index (χ1) is 11.1. The summed E-state index contributed by atoms with van der Waals surface area (Å²) in [5.41, 5.74) is 0. The molecule has 4 aliphatic rings. The van der Waals surface area contributed by atoms with Crippen LogP contribution in [-0.2, 0) is 9.59 Å². The van der Waals surface area contributed by atoms with Gasteiger partial charge in [-0.15, -0.1) is 0 Å². The van der Waals surface area contributed by atoms with Crippen LogP contribution in [0.3, 0.4) is 0 Å². The summed E-state index contributed by atoms with van der Waals surface area (Å²) >= 11 is 0. The quantitative estimate of drug-likeness (QED) is 0.616. The van der Waals surface area contributed by atoms with E-state index in [1.54, 1.807) is 4.90 Å². The molecule has 3 fully saturated rings. The summed E-state index contributed by atoms with van der Waals surface area (Å²) in [6.07, 6.45) is 9.82. The number of rotatable bonds is 2. The molecule has 0 aromatic carbocycles. The minimum atomic E-state index is -0.172. The van der Waals surface area contributed by atoms with E-state index in [0.717, 1.165) is 12.8 Å². The molecule has 0 aromatic rings. The van der Waals surface area contributed by atoms with Gasteiger partial charge in [-0.3, -0.25) is 14.5 Å². The summed E-state index contributed by atoms with van der Waals surface area (Å²) in [7, 11) is 0. The van der Waals surface area contributed by atoms with Crippen LogP contribution < -0.4 is 5.32 Å². The smallest absolute Gasteiger partial charge is 0.317 e. The van der Waals surface area contributed by atoms with E-state index < -0.39 is 0 Å². The molecule has 0 bridgehead atoms. The Morgan fingerprint density at radius 2 is 1.57 bits per heavy atom. The van der Waals surface area contributed by atoms with E-state index in [1.807, 2.05) is 12.2 Å². The van der Waals surface area contributed by atoms with E-state index in [4.69, 9.17) is 0 Å².